The maximum Gasteiger partial charge on any atom is 0.160 e. The zero-order chi connectivity index (χ0) is 9.97. The van der Waals surface area contributed by atoms with Gasteiger partial charge in [0.1, 0.15) is 12.1 Å². The number of aromatic nitrogens is 4. The van der Waals surface area contributed by atoms with Crippen molar-refractivity contribution in [2.45, 2.75) is 13.8 Å². The first-order valence-electron chi connectivity index (χ1n) is 4.65. The molecule has 2 rings (SSSR count). The largest absolute Gasteiger partial charge is 0.369 e. The molecule has 0 saturated carbocycles. The second-order valence-electron chi connectivity index (χ2n) is 3.63. The quantitative estimate of drug-likeness (QED) is 0.770. The average Bonchev–Trinajstić information content (AvgIpc) is 2.62. The summed E-state index contributed by atoms with van der Waals surface area (Å²) in [5.41, 5.74) is 0.770. The van der Waals surface area contributed by atoms with Gasteiger partial charge in [0.15, 0.2) is 5.65 Å². The number of rotatable bonds is 3. The fourth-order valence-electron chi connectivity index (χ4n) is 1.21. The first-order chi connectivity index (χ1) is 6.77. The first kappa shape index (κ1) is 8.93. The van der Waals surface area contributed by atoms with Crippen molar-refractivity contribution < 1.29 is 0 Å². The highest BCUT2D eigenvalue weighted by molar-refractivity contribution is 5.85. The highest BCUT2D eigenvalue weighted by atomic mass is 15.2. The van der Waals surface area contributed by atoms with Gasteiger partial charge in [0.2, 0.25) is 0 Å². The average molecular weight is 191 g/mol. The van der Waals surface area contributed by atoms with Crippen LogP contribution in [-0.2, 0) is 0 Å². The molecule has 0 atom stereocenters. The molecule has 0 aliphatic carbocycles. The van der Waals surface area contributed by atoms with Gasteiger partial charge in [0.05, 0.1) is 11.6 Å². The van der Waals surface area contributed by atoms with Crippen molar-refractivity contribution in [3.8, 4) is 0 Å². The third-order valence-corrected chi connectivity index (χ3v) is 1.93. The van der Waals surface area contributed by atoms with Crippen molar-refractivity contribution in [3.05, 3.63) is 12.5 Å². The molecule has 0 aliphatic heterocycles. The van der Waals surface area contributed by atoms with Crippen LogP contribution in [0.4, 0.5) is 5.82 Å². The number of nitrogens with zero attached hydrogens (tertiary/aromatic N) is 3. The van der Waals surface area contributed by atoms with E-state index >= 15 is 0 Å². The minimum Gasteiger partial charge on any atom is -0.369 e. The zero-order valence-electron chi connectivity index (χ0n) is 8.28. The molecule has 14 heavy (non-hydrogen) atoms. The van der Waals surface area contributed by atoms with E-state index in [1.165, 1.54) is 6.33 Å². The number of H-pyrrole nitrogens is 1. The Balaban J connectivity index is 2.27. The van der Waals surface area contributed by atoms with Crippen LogP contribution in [0.3, 0.4) is 0 Å². The molecule has 0 aromatic carbocycles. The van der Waals surface area contributed by atoms with E-state index in [2.05, 4.69) is 39.3 Å². The normalized spacial score (nSPS) is 11.1. The minimum atomic E-state index is 0.590. The Labute approximate surface area is 82.0 Å². The number of aromatic amines is 1. The molecule has 2 N–H and O–H groups in total. The van der Waals surface area contributed by atoms with Crippen molar-refractivity contribution >= 4 is 16.9 Å². The van der Waals surface area contributed by atoms with Crippen LogP contribution in [0.25, 0.3) is 11.0 Å². The molecule has 2 heterocycles. The molecule has 0 saturated heterocycles. The van der Waals surface area contributed by atoms with Gasteiger partial charge in [-0.05, 0) is 5.92 Å². The van der Waals surface area contributed by atoms with Crippen LogP contribution in [0.15, 0.2) is 12.5 Å². The van der Waals surface area contributed by atoms with E-state index in [0.29, 0.717) is 5.92 Å². The van der Waals surface area contributed by atoms with Gasteiger partial charge in [-0.1, -0.05) is 13.8 Å². The fraction of sp³-hybridized carbons (Fsp3) is 0.444. The zero-order valence-corrected chi connectivity index (χ0v) is 8.28. The molecule has 0 radical (unpaired) electrons. The van der Waals surface area contributed by atoms with Gasteiger partial charge in [0.25, 0.3) is 0 Å². The summed E-state index contributed by atoms with van der Waals surface area (Å²) in [6, 6.07) is 0. The van der Waals surface area contributed by atoms with Crippen molar-refractivity contribution in [2.75, 3.05) is 11.9 Å². The molecule has 0 bridgehead atoms. The van der Waals surface area contributed by atoms with E-state index in [1.807, 2.05) is 0 Å². The highest BCUT2D eigenvalue weighted by Crippen LogP contribution is 2.15. The number of fused-ring (bicyclic) bond motifs is 1. The Hall–Kier alpha value is -1.65. The molecule has 2 aromatic heterocycles. The first-order valence-corrected chi connectivity index (χ1v) is 4.65. The predicted molar refractivity (Wildman–Crippen MR) is 55.0 cm³/mol. The van der Waals surface area contributed by atoms with Crippen molar-refractivity contribution in [1.29, 1.82) is 0 Å². The molecule has 0 aliphatic rings. The van der Waals surface area contributed by atoms with E-state index in [4.69, 9.17) is 0 Å². The van der Waals surface area contributed by atoms with Gasteiger partial charge in [-0.2, -0.15) is 5.10 Å². The lowest BCUT2D eigenvalue weighted by Crippen LogP contribution is -2.09. The van der Waals surface area contributed by atoms with Gasteiger partial charge in [-0.3, -0.25) is 5.10 Å². The molecule has 5 heteroatoms. The Morgan fingerprint density at radius 2 is 2.29 bits per heavy atom. The summed E-state index contributed by atoms with van der Waals surface area (Å²) < 4.78 is 0. The lowest BCUT2D eigenvalue weighted by atomic mass is 10.2. The van der Waals surface area contributed by atoms with Crippen molar-refractivity contribution in [3.63, 3.8) is 0 Å². The molecule has 2 aromatic rings. The summed E-state index contributed by atoms with van der Waals surface area (Å²) in [6.45, 7) is 5.21. The maximum atomic E-state index is 4.17. The molecule has 0 spiro atoms. The topological polar surface area (TPSA) is 66.5 Å². The molecular weight excluding hydrogens is 178 g/mol. The fourth-order valence-corrected chi connectivity index (χ4v) is 1.21. The lowest BCUT2D eigenvalue weighted by molar-refractivity contribution is 0.687. The van der Waals surface area contributed by atoms with Gasteiger partial charge < -0.3 is 5.32 Å². The summed E-state index contributed by atoms with van der Waals surface area (Å²) in [4.78, 5) is 8.23. The number of nitrogens with one attached hydrogen (secondary N) is 2. The van der Waals surface area contributed by atoms with E-state index < -0.39 is 0 Å². The third-order valence-electron chi connectivity index (χ3n) is 1.93. The Kier molecular flexibility index (Phi) is 2.30. The molecule has 0 fully saturated rings. The summed E-state index contributed by atoms with van der Waals surface area (Å²) in [7, 11) is 0. The second-order valence-corrected chi connectivity index (χ2v) is 3.63. The predicted octanol–water partition coefficient (Wildman–Crippen LogP) is 1.42. The number of hydrogen-bond donors (Lipinski definition) is 2. The van der Waals surface area contributed by atoms with Crippen LogP contribution in [0.1, 0.15) is 13.8 Å². The molecule has 74 valence electrons. The van der Waals surface area contributed by atoms with E-state index in [9.17, 15) is 0 Å². The monoisotopic (exact) mass is 191 g/mol. The molecule has 0 unspecified atom stereocenters. The van der Waals surface area contributed by atoms with E-state index in [1.54, 1.807) is 6.20 Å². The highest BCUT2D eigenvalue weighted by Gasteiger charge is 2.04. The maximum absolute atomic E-state index is 4.17. The summed E-state index contributed by atoms with van der Waals surface area (Å²) >= 11 is 0. The Morgan fingerprint density at radius 1 is 1.43 bits per heavy atom. The number of anilines is 1. The minimum absolute atomic E-state index is 0.590. The van der Waals surface area contributed by atoms with Crippen LogP contribution in [0.2, 0.25) is 0 Å². The standard InChI is InChI=1S/C9H13N5/c1-6(2)3-10-8-7-4-13-14-9(7)12-5-11-8/h4-6H,3H2,1-2H3,(H2,10,11,12,13,14). The van der Waals surface area contributed by atoms with Crippen LogP contribution in [0, 0.1) is 5.92 Å². The Bertz CT molecular complexity index is 420. The smallest absolute Gasteiger partial charge is 0.160 e. The summed E-state index contributed by atoms with van der Waals surface area (Å²) in [5, 5.41) is 10.9. The van der Waals surface area contributed by atoms with Crippen molar-refractivity contribution in [1.82, 2.24) is 20.2 Å². The number of hydrogen-bond acceptors (Lipinski definition) is 4. The third kappa shape index (κ3) is 1.66. The second kappa shape index (κ2) is 3.61. The van der Waals surface area contributed by atoms with Crippen molar-refractivity contribution in [2.24, 2.45) is 5.92 Å². The molecular formula is C9H13N5. The SMILES string of the molecule is CC(C)CNc1ncnc2[nH]ncc12. The van der Waals surface area contributed by atoms with Gasteiger partial charge in [-0.25, -0.2) is 9.97 Å². The van der Waals surface area contributed by atoms with Gasteiger partial charge in [0, 0.05) is 6.54 Å². The summed E-state index contributed by atoms with van der Waals surface area (Å²) in [5.74, 6) is 1.43. The van der Waals surface area contributed by atoms with Crippen LogP contribution in [-0.4, -0.2) is 26.7 Å². The van der Waals surface area contributed by atoms with Gasteiger partial charge >= 0.3 is 0 Å². The van der Waals surface area contributed by atoms with E-state index in [0.717, 1.165) is 23.4 Å². The molecule has 0 amide bonds. The van der Waals surface area contributed by atoms with Gasteiger partial charge in [-0.15, -0.1) is 0 Å². The van der Waals surface area contributed by atoms with E-state index in [-0.39, 0.29) is 0 Å². The van der Waals surface area contributed by atoms with Crippen LogP contribution >= 0.6 is 0 Å². The Morgan fingerprint density at radius 3 is 3.07 bits per heavy atom. The van der Waals surface area contributed by atoms with Crippen LogP contribution in [0.5, 0.6) is 0 Å². The van der Waals surface area contributed by atoms with Crippen LogP contribution < -0.4 is 5.32 Å². The summed E-state index contributed by atoms with van der Waals surface area (Å²) in [6.07, 6.45) is 3.27. The molecule has 5 nitrogen and oxygen atoms in total. The lowest BCUT2D eigenvalue weighted by Gasteiger charge is -2.07.